The Morgan fingerprint density at radius 3 is 2.64 bits per heavy atom. The molecule has 3 aromatic rings. The first-order valence-corrected chi connectivity index (χ1v) is 9.45. The second-order valence-electron chi connectivity index (χ2n) is 6.27. The minimum atomic E-state index is -0.648. The molecule has 1 aromatic carbocycles. The molecule has 3 rings (SSSR count). The molecule has 0 saturated carbocycles. The summed E-state index contributed by atoms with van der Waals surface area (Å²) in [5, 5.41) is 0.680. The molecule has 0 aliphatic rings. The first kappa shape index (κ1) is 20.2. The number of Topliss-reactive ketones (excluding diaryl/α,β-unsaturated/α-hetero) is 1. The van der Waals surface area contributed by atoms with Gasteiger partial charge in [0.05, 0.1) is 15.7 Å². The summed E-state index contributed by atoms with van der Waals surface area (Å²) in [5.41, 5.74) is 0.973. The predicted octanol–water partition coefficient (Wildman–Crippen LogP) is 5.11. The number of benzene rings is 1. The Bertz CT molecular complexity index is 1080. The maximum atomic E-state index is 14.5. The third-order valence-corrected chi connectivity index (χ3v) is 5.24. The van der Waals surface area contributed by atoms with E-state index < -0.39 is 11.7 Å². The Hall–Kier alpha value is -2.50. The number of rotatable bonds is 6. The van der Waals surface area contributed by atoms with Crippen molar-refractivity contribution in [3.05, 3.63) is 97.9 Å². The van der Waals surface area contributed by atoms with E-state index in [1.807, 2.05) is 6.92 Å². The zero-order valence-electron chi connectivity index (χ0n) is 15.0. The number of carbonyl (C=O) groups excluding carboxylic acids is 1. The molecule has 1 atom stereocenters. The Morgan fingerprint density at radius 1 is 1.18 bits per heavy atom. The summed E-state index contributed by atoms with van der Waals surface area (Å²) < 4.78 is 15.9. The maximum absolute atomic E-state index is 14.5. The molecule has 144 valence electrons. The molecular formula is C21H17Cl2FN2O2. The van der Waals surface area contributed by atoms with Crippen LogP contribution in [-0.4, -0.2) is 15.3 Å². The van der Waals surface area contributed by atoms with Gasteiger partial charge in [-0.1, -0.05) is 29.3 Å². The van der Waals surface area contributed by atoms with E-state index in [0.29, 0.717) is 27.7 Å². The topological polar surface area (TPSA) is 52.0 Å². The largest absolute Gasteiger partial charge is 0.315 e. The fourth-order valence-electron chi connectivity index (χ4n) is 3.00. The van der Waals surface area contributed by atoms with Crippen molar-refractivity contribution in [3.8, 4) is 0 Å². The molecule has 0 spiro atoms. The van der Waals surface area contributed by atoms with Crippen LogP contribution in [0, 0.1) is 5.82 Å². The van der Waals surface area contributed by atoms with Gasteiger partial charge in [-0.15, -0.1) is 0 Å². The van der Waals surface area contributed by atoms with Crippen molar-refractivity contribution in [2.24, 2.45) is 0 Å². The zero-order chi connectivity index (χ0) is 20.3. The summed E-state index contributed by atoms with van der Waals surface area (Å²) in [6.07, 6.45) is 2.96. The molecule has 2 aromatic heterocycles. The van der Waals surface area contributed by atoms with Gasteiger partial charge in [0.1, 0.15) is 5.82 Å². The first-order chi connectivity index (χ1) is 13.4. The number of ketones is 1. The molecule has 0 amide bonds. The van der Waals surface area contributed by atoms with E-state index in [9.17, 15) is 14.0 Å². The van der Waals surface area contributed by atoms with Crippen molar-refractivity contribution in [1.82, 2.24) is 9.55 Å². The van der Waals surface area contributed by atoms with Crippen LogP contribution in [0.4, 0.5) is 4.39 Å². The second kappa shape index (κ2) is 8.67. The lowest BCUT2D eigenvalue weighted by Gasteiger charge is -2.18. The van der Waals surface area contributed by atoms with Gasteiger partial charge < -0.3 is 4.57 Å². The summed E-state index contributed by atoms with van der Waals surface area (Å²) in [6.45, 7) is 2.27. The number of pyridine rings is 2. The van der Waals surface area contributed by atoms with Crippen molar-refractivity contribution in [1.29, 1.82) is 0 Å². The molecule has 0 aliphatic carbocycles. The van der Waals surface area contributed by atoms with Gasteiger partial charge in [-0.25, -0.2) is 4.39 Å². The van der Waals surface area contributed by atoms with Gasteiger partial charge >= 0.3 is 0 Å². The van der Waals surface area contributed by atoms with Crippen LogP contribution < -0.4 is 5.56 Å². The van der Waals surface area contributed by atoms with E-state index in [-0.39, 0.29) is 23.5 Å². The van der Waals surface area contributed by atoms with Gasteiger partial charge in [-0.3, -0.25) is 14.6 Å². The third-order valence-electron chi connectivity index (χ3n) is 4.50. The molecule has 0 bridgehead atoms. The van der Waals surface area contributed by atoms with Crippen molar-refractivity contribution >= 4 is 29.0 Å². The van der Waals surface area contributed by atoms with Crippen molar-refractivity contribution in [2.45, 2.75) is 25.8 Å². The van der Waals surface area contributed by atoms with Gasteiger partial charge in [0.2, 0.25) is 0 Å². The van der Waals surface area contributed by atoms with Crippen LogP contribution in [0.3, 0.4) is 0 Å². The summed E-state index contributed by atoms with van der Waals surface area (Å²) >= 11 is 12.1. The van der Waals surface area contributed by atoms with Crippen molar-refractivity contribution < 1.29 is 9.18 Å². The fourth-order valence-corrected chi connectivity index (χ4v) is 3.31. The van der Waals surface area contributed by atoms with E-state index >= 15 is 0 Å². The number of hydrogen-bond donors (Lipinski definition) is 0. The number of halogens is 3. The minimum absolute atomic E-state index is 0.0339. The molecule has 4 nitrogen and oxygen atoms in total. The highest BCUT2D eigenvalue weighted by atomic mass is 35.5. The monoisotopic (exact) mass is 418 g/mol. The van der Waals surface area contributed by atoms with Crippen molar-refractivity contribution in [3.63, 3.8) is 0 Å². The van der Waals surface area contributed by atoms with Gasteiger partial charge in [0.25, 0.3) is 5.56 Å². The molecule has 7 heteroatoms. The summed E-state index contributed by atoms with van der Waals surface area (Å²) in [6, 6.07) is 10.5. The second-order valence-corrected chi connectivity index (χ2v) is 7.08. The lowest BCUT2D eigenvalue weighted by atomic mass is 9.88. The van der Waals surface area contributed by atoms with Gasteiger partial charge in [-0.2, -0.15) is 0 Å². The number of aryl methyl sites for hydroxylation is 1. The average molecular weight is 419 g/mol. The number of hydrogen-bond acceptors (Lipinski definition) is 3. The Labute approximate surface area is 171 Å². The highest BCUT2D eigenvalue weighted by Crippen LogP contribution is 2.33. The lowest BCUT2D eigenvalue weighted by Crippen LogP contribution is -2.20. The van der Waals surface area contributed by atoms with E-state index in [1.54, 1.807) is 18.2 Å². The molecule has 0 fully saturated rings. The van der Waals surface area contributed by atoms with Crippen LogP contribution in [0.25, 0.3) is 0 Å². The quantitative estimate of drug-likeness (QED) is 0.522. The van der Waals surface area contributed by atoms with Crippen LogP contribution in [0.5, 0.6) is 0 Å². The first-order valence-electron chi connectivity index (χ1n) is 8.69. The summed E-state index contributed by atoms with van der Waals surface area (Å²) in [7, 11) is 0. The zero-order valence-corrected chi connectivity index (χ0v) is 16.5. The summed E-state index contributed by atoms with van der Waals surface area (Å²) in [5.74, 6) is -1.39. The number of carbonyl (C=O) groups is 1. The van der Waals surface area contributed by atoms with E-state index in [1.165, 1.54) is 41.2 Å². The Kier molecular flexibility index (Phi) is 6.27. The molecule has 0 radical (unpaired) electrons. The van der Waals surface area contributed by atoms with Crippen LogP contribution in [0.1, 0.15) is 40.9 Å². The standard InChI is InChI=1S/C21H17Cl2FN2O2/c1-2-26-12-14(6-8-20(26)28)19(27)11-15(21-18(24)4-3-9-25-21)13-5-7-16(22)17(23)10-13/h3-10,12,15H,2,11H2,1H3/t15-/m0/s1. The van der Waals surface area contributed by atoms with E-state index in [2.05, 4.69) is 4.98 Å². The molecule has 2 heterocycles. The van der Waals surface area contributed by atoms with Gasteiger partial charge in [0.15, 0.2) is 5.78 Å². The van der Waals surface area contributed by atoms with Gasteiger partial charge in [0, 0.05) is 42.9 Å². The van der Waals surface area contributed by atoms with Crippen LogP contribution in [-0.2, 0) is 6.54 Å². The van der Waals surface area contributed by atoms with Crippen LogP contribution >= 0.6 is 23.2 Å². The molecule has 0 aliphatic heterocycles. The molecule has 0 N–H and O–H groups in total. The minimum Gasteiger partial charge on any atom is -0.315 e. The molecule has 0 unspecified atom stereocenters. The Balaban J connectivity index is 2.02. The van der Waals surface area contributed by atoms with E-state index in [4.69, 9.17) is 23.2 Å². The normalized spacial score (nSPS) is 12.0. The Morgan fingerprint density at radius 2 is 1.96 bits per heavy atom. The molecular weight excluding hydrogens is 402 g/mol. The van der Waals surface area contributed by atoms with Gasteiger partial charge in [-0.05, 0) is 42.8 Å². The third kappa shape index (κ3) is 4.32. The van der Waals surface area contributed by atoms with E-state index in [0.717, 1.165) is 0 Å². The highest BCUT2D eigenvalue weighted by molar-refractivity contribution is 6.42. The van der Waals surface area contributed by atoms with Crippen LogP contribution in [0.15, 0.2) is 59.7 Å². The molecule has 0 saturated heterocycles. The maximum Gasteiger partial charge on any atom is 0.250 e. The predicted molar refractivity (Wildman–Crippen MR) is 108 cm³/mol. The molecule has 28 heavy (non-hydrogen) atoms. The lowest BCUT2D eigenvalue weighted by molar-refractivity contribution is 0.0976. The smallest absolute Gasteiger partial charge is 0.250 e. The number of aromatic nitrogens is 2. The highest BCUT2D eigenvalue weighted by Gasteiger charge is 2.24. The van der Waals surface area contributed by atoms with Crippen molar-refractivity contribution in [2.75, 3.05) is 0 Å². The average Bonchev–Trinajstić information content (AvgIpc) is 2.69. The van der Waals surface area contributed by atoms with Crippen LogP contribution in [0.2, 0.25) is 10.0 Å². The number of nitrogens with zero attached hydrogens (tertiary/aromatic N) is 2. The summed E-state index contributed by atoms with van der Waals surface area (Å²) in [4.78, 5) is 28.8. The fraction of sp³-hybridized carbons (Fsp3) is 0.190. The SMILES string of the molecule is CCn1cc(C(=O)C[C@@H](c2ccc(Cl)c(Cl)c2)c2ncccc2F)ccc1=O.